The molecule has 0 aromatic heterocycles. The minimum atomic E-state index is -3.46. The fourth-order valence-electron chi connectivity index (χ4n) is 4.08. The first-order valence-corrected chi connectivity index (χ1v) is 11.7. The van der Waals surface area contributed by atoms with Crippen LogP contribution in [0.2, 0.25) is 0 Å². The highest BCUT2D eigenvalue weighted by Gasteiger charge is 2.32. The molecule has 0 atom stereocenters. The zero-order chi connectivity index (χ0) is 19.4. The van der Waals surface area contributed by atoms with Crippen LogP contribution in [-0.2, 0) is 27.7 Å². The Labute approximate surface area is 163 Å². The molecule has 6 heteroatoms. The van der Waals surface area contributed by atoms with E-state index in [9.17, 15) is 13.2 Å². The summed E-state index contributed by atoms with van der Waals surface area (Å²) in [6, 6.07) is 5.56. The predicted molar refractivity (Wildman–Crippen MR) is 107 cm³/mol. The van der Waals surface area contributed by atoms with Gasteiger partial charge in [-0.05, 0) is 74.1 Å². The van der Waals surface area contributed by atoms with Gasteiger partial charge in [-0.2, -0.15) is 4.31 Å². The summed E-state index contributed by atoms with van der Waals surface area (Å²) in [6.07, 6.45) is 6.43. The normalized spacial score (nSPS) is 18.6. The van der Waals surface area contributed by atoms with Crippen LogP contribution in [0.5, 0.6) is 0 Å². The molecule has 0 saturated carbocycles. The van der Waals surface area contributed by atoms with Crippen LogP contribution < -0.4 is 5.32 Å². The van der Waals surface area contributed by atoms with Crippen molar-refractivity contribution in [3.8, 4) is 0 Å². The minimum absolute atomic E-state index is 0.0736. The molecule has 1 aromatic carbocycles. The molecule has 1 saturated heterocycles. The van der Waals surface area contributed by atoms with Gasteiger partial charge >= 0.3 is 0 Å². The fourth-order valence-corrected chi connectivity index (χ4v) is 5.60. The standard InChI is InChI=1S/C21H32N2O3S/c1-16(2)5-4-12-22-21(24)18-10-13-23(14-11-18)27(25,26)20-9-8-17-6-3-7-19(17)15-20/h8-9,15-16,18H,3-7,10-14H2,1-2H3,(H,22,24). The van der Waals surface area contributed by atoms with E-state index in [4.69, 9.17) is 0 Å². The van der Waals surface area contributed by atoms with Gasteiger partial charge < -0.3 is 5.32 Å². The number of aryl methyl sites for hydroxylation is 2. The molecule has 0 radical (unpaired) electrons. The maximum atomic E-state index is 13.0. The van der Waals surface area contributed by atoms with Crippen LogP contribution in [0.15, 0.2) is 23.1 Å². The molecule has 1 heterocycles. The maximum absolute atomic E-state index is 13.0. The average molecular weight is 393 g/mol. The van der Waals surface area contributed by atoms with Crippen LogP contribution in [0.4, 0.5) is 0 Å². The predicted octanol–water partition coefficient (Wildman–Crippen LogP) is 3.13. The summed E-state index contributed by atoms with van der Waals surface area (Å²) >= 11 is 0. The molecule has 0 unspecified atom stereocenters. The van der Waals surface area contributed by atoms with E-state index in [1.807, 2.05) is 12.1 Å². The summed E-state index contributed by atoms with van der Waals surface area (Å²) < 4.78 is 27.5. The van der Waals surface area contributed by atoms with Crippen molar-refractivity contribution < 1.29 is 13.2 Å². The molecule has 0 bridgehead atoms. The van der Waals surface area contributed by atoms with Crippen LogP contribution in [-0.4, -0.2) is 38.3 Å². The van der Waals surface area contributed by atoms with E-state index < -0.39 is 10.0 Å². The highest BCUT2D eigenvalue weighted by atomic mass is 32.2. The van der Waals surface area contributed by atoms with Gasteiger partial charge in [-0.25, -0.2) is 8.42 Å². The molecule has 1 N–H and O–H groups in total. The smallest absolute Gasteiger partial charge is 0.243 e. The van der Waals surface area contributed by atoms with Crippen LogP contribution in [0.25, 0.3) is 0 Å². The van der Waals surface area contributed by atoms with Crippen molar-refractivity contribution in [1.29, 1.82) is 0 Å². The summed E-state index contributed by atoms with van der Waals surface area (Å²) in [5, 5.41) is 3.01. The van der Waals surface area contributed by atoms with Gasteiger partial charge in [0.05, 0.1) is 4.90 Å². The lowest BCUT2D eigenvalue weighted by molar-refractivity contribution is -0.126. The minimum Gasteiger partial charge on any atom is -0.356 e. The highest BCUT2D eigenvalue weighted by molar-refractivity contribution is 7.89. The van der Waals surface area contributed by atoms with E-state index in [1.165, 1.54) is 11.1 Å². The SMILES string of the molecule is CC(C)CCCNC(=O)C1CCN(S(=O)(=O)c2ccc3c(c2)CCC3)CC1. The molecule has 150 valence electrons. The maximum Gasteiger partial charge on any atom is 0.243 e. The van der Waals surface area contributed by atoms with E-state index in [2.05, 4.69) is 19.2 Å². The van der Waals surface area contributed by atoms with Crippen LogP contribution in [0.3, 0.4) is 0 Å². The monoisotopic (exact) mass is 392 g/mol. The number of fused-ring (bicyclic) bond motifs is 1. The number of hydrogen-bond donors (Lipinski definition) is 1. The second-order valence-corrected chi connectivity index (χ2v) is 10.2. The largest absolute Gasteiger partial charge is 0.356 e. The summed E-state index contributed by atoms with van der Waals surface area (Å²) in [6.45, 7) is 5.91. The first kappa shape index (κ1) is 20.3. The fraction of sp³-hybridized carbons (Fsp3) is 0.667. The Kier molecular flexibility index (Phi) is 6.58. The second kappa shape index (κ2) is 8.74. The quantitative estimate of drug-likeness (QED) is 0.725. The zero-order valence-electron chi connectivity index (χ0n) is 16.5. The Morgan fingerprint density at radius 3 is 2.59 bits per heavy atom. The van der Waals surface area contributed by atoms with Crippen molar-refractivity contribution in [2.24, 2.45) is 11.8 Å². The van der Waals surface area contributed by atoms with Gasteiger partial charge in [0.15, 0.2) is 0 Å². The summed E-state index contributed by atoms with van der Waals surface area (Å²) in [4.78, 5) is 12.7. The Morgan fingerprint density at radius 1 is 1.19 bits per heavy atom. The van der Waals surface area contributed by atoms with Crippen molar-refractivity contribution in [2.45, 2.75) is 63.7 Å². The lowest BCUT2D eigenvalue weighted by atomic mass is 9.97. The summed E-state index contributed by atoms with van der Waals surface area (Å²) in [7, 11) is -3.46. The summed E-state index contributed by atoms with van der Waals surface area (Å²) in [5.74, 6) is 0.651. The molecule has 1 aliphatic heterocycles. The van der Waals surface area contributed by atoms with E-state index >= 15 is 0 Å². The molecule has 3 rings (SSSR count). The van der Waals surface area contributed by atoms with E-state index in [0.717, 1.165) is 32.1 Å². The van der Waals surface area contributed by atoms with Crippen LogP contribution >= 0.6 is 0 Å². The van der Waals surface area contributed by atoms with Gasteiger partial charge in [0.2, 0.25) is 15.9 Å². The number of benzene rings is 1. The molecule has 1 aliphatic carbocycles. The number of amides is 1. The van der Waals surface area contributed by atoms with Crippen molar-refractivity contribution >= 4 is 15.9 Å². The topological polar surface area (TPSA) is 66.5 Å². The van der Waals surface area contributed by atoms with Gasteiger partial charge in [0, 0.05) is 25.6 Å². The Morgan fingerprint density at radius 2 is 1.89 bits per heavy atom. The number of sulfonamides is 1. The Balaban J connectivity index is 1.53. The number of carbonyl (C=O) groups excluding carboxylic acids is 1. The van der Waals surface area contributed by atoms with Crippen LogP contribution in [0.1, 0.15) is 57.1 Å². The number of nitrogens with one attached hydrogen (secondary N) is 1. The van der Waals surface area contributed by atoms with Gasteiger partial charge in [0.25, 0.3) is 0 Å². The lowest BCUT2D eigenvalue weighted by Gasteiger charge is -2.30. The van der Waals surface area contributed by atoms with E-state index in [1.54, 1.807) is 10.4 Å². The van der Waals surface area contributed by atoms with Crippen molar-refractivity contribution in [3.63, 3.8) is 0 Å². The molecule has 2 aliphatic rings. The molecular weight excluding hydrogens is 360 g/mol. The Bertz CT molecular complexity index is 766. The number of nitrogens with zero attached hydrogens (tertiary/aromatic N) is 1. The summed E-state index contributed by atoms with van der Waals surface area (Å²) in [5.41, 5.74) is 2.45. The third kappa shape index (κ3) is 4.91. The number of hydrogen-bond acceptors (Lipinski definition) is 3. The van der Waals surface area contributed by atoms with E-state index in [-0.39, 0.29) is 11.8 Å². The lowest BCUT2D eigenvalue weighted by Crippen LogP contribution is -2.43. The molecule has 1 fully saturated rings. The average Bonchev–Trinajstić information content (AvgIpc) is 3.13. The van der Waals surface area contributed by atoms with Gasteiger partial charge in [0.1, 0.15) is 0 Å². The third-order valence-corrected chi connectivity index (χ3v) is 7.68. The molecule has 1 amide bonds. The number of carbonyl (C=O) groups is 1. The molecule has 0 spiro atoms. The number of piperidine rings is 1. The number of rotatable bonds is 7. The third-order valence-electron chi connectivity index (χ3n) is 5.79. The van der Waals surface area contributed by atoms with E-state index in [0.29, 0.717) is 43.3 Å². The molecular formula is C21H32N2O3S. The first-order valence-electron chi connectivity index (χ1n) is 10.3. The first-order chi connectivity index (χ1) is 12.9. The van der Waals surface area contributed by atoms with Crippen molar-refractivity contribution in [3.05, 3.63) is 29.3 Å². The molecule has 5 nitrogen and oxygen atoms in total. The van der Waals surface area contributed by atoms with Gasteiger partial charge in [-0.1, -0.05) is 19.9 Å². The highest BCUT2D eigenvalue weighted by Crippen LogP contribution is 2.28. The van der Waals surface area contributed by atoms with Crippen LogP contribution in [0, 0.1) is 11.8 Å². The van der Waals surface area contributed by atoms with Crippen molar-refractivity contribution in [2.75, 3.05) is 19.6 Å². The van der Waals surface area contributed by atoms with Crippen molar-refractivity contribution in [1.82, 2.24) is 9.62 Å². The second-order valence-electron chi connectivity index (χ2n) is 8.29. The zero-order valence-corrected chi connectivity index (χ0v) is 17.4. The van der Waals surface area contributed by atoms with Gasteiger partial charge in [-0.15, -0.1) is 0 Å². The Hall–Kier alpha value is -1.40. The molecule has 27 heavy (non-hydrogen) atoms. The van der Waals surface area contributed by atoms with Gasteiger partial charge in [-0.3, -0.25) is 4.79 Å². The molecule has 1 aromatic rings.